The molecule has 0 spiro atoms. The molecule has 3 aromatic rings. The van der Waals surface area contributed by atoms with Gasteiger partial charge in [-0.05, 0) is 30.2 Å². The first-order valence-electron chi connectivity index (χ1n) is 9.52. The number of esters is 1. The molecule has 0 saturated carbocycles. The standard InChI is InChI=1S/C22H23N3O5/c1-3-7-17(24-21(27)19-10-6-11-30-19)20(26)25-18(22(28)29-2)12-14-13-23-16-9-5-4-8-15(14)16/h4-11,13,18,23H,3,12H2,1-2H3,(H,24,27)(H,25,26)/b17-7-/t18-/m0/s1. The summed E-state index contributed by atoms with van der Waals surface area (Å²) in [4.78, 5) is 40.5. The number of benzene rings is 1. The van der Waals surface area contributed by atoms with Gasteiger partial charge in [-0.3, -0.25) is 9.59 Å². The lowest BCUT2D eigenvalue weighted by Crippen LogP contribution is -2.46. The van der Waals surface area contributed by atoms with E-state index in [0.717, 1.165) is 16.5 Å². The van der Waals surface area contributed by atoms with E-state index in [0.29, 0.717) is 6.42 Å². The van der Waals surface area contributed by atoms with Crippen LogP contribution in [-0.4, -0.2) is 35.9 Å². The number of rotatable bonds is 8. The molecule has 1 aromatic carbocycles. The maximum atomic E-state index is 12.8. The molecule has 0 aliphatic heterocycles. The van der Waals surface area contributed by atoms with Gasteiger partial charge in [0.15, 0.2) is 5.76 Å². The molecule has 3 N–H and O–H groups in total. The zero-order valence-corrected chi connectivity index (χ0v) is 16.7. The third-order valence-corrected chi connectivity index (χ3v) is 4.54. The van der Waals surface area contributed by atoms with Crippen LogP contribution >= 0.6 is 0 Å². The molecule has 0 fully saturated rings. The Morgan fingerprint density at radius 3 is 2.70 bits per heavy atom. The topological polar surface area (TPSA) is 113 Å². The number of aromatic nitrogens is 1. The Hall–Kier alpha value is -3.81. The molecule has 3 rings (SSSR count). The van der Waals surface area contributed by atoms with Crippen LogP contribution in [0.5, 0.6) is 0 Å². The lowest BCUT2D eigenvalue weighted by Gasteiger charge is -2.18. The van der Waals surface area contributed by atoms with Crippen LogP contribution in [0.3, 0.4) is 0 Å². The van der Waals surface area contributed by atoms with E-state index in [1.54, 1.807) is 18.3 Å². The third-order valence-electron chi connectivity index (χ3n) is 4.54. The molecule has 2 heterocycles. The van der Waals surface area contributed by atoms with Crippen LogP contribution in [0.4, 0.5) is 0 Å². The first-order chi connectivity index (χ1) is 14.5. The molecule has 8 heteroatoms. The average Bonchev–Trinajstić information content (AvgIpc) is 3.43. The van der Waals surface area contributed by atoms with Gasteiger partial charge in [-0.25, -0.2) is 4.79 Å². The normalized spacial score (nSPS) is 12.4. The van der Waals surface area contributed by atoms with Crippen LogP contribution in [0.1, 0.15) is 29.5 Å². The Morgan fingerprint density at radius 1 is 1.20 bits per heavy atom. The van der Waals surface area contributed by atoms with E-state index in [1.807, 2.05) is 31.2 Å². The number of nitrogens with one attached hydrogen (secondary N) is 3. The van der Waals surface area contributed by atoms with E-state index < -0.39 is 23.8 Å². The van der Waals surface area contributed by atoms with Crippen molar-refractivity contribution in [3.05, 3.63) is 72.0 Å². The number of furan rings is 1. The summed E-state index contributed by atoms with van der Waals surface area (Å²) in [5.74, 6) is -1.65. The third kappa shape index (κ3) is 4.78. The fraction of sp³-hybridized carbons (Fsp3) is 0.227. The molecule has 0 saturated heterocycles. The monoisotopic (exact) mass is 409 g/mol. The van der Waals surface area contributed by atoms with Crippen molar-refractivity contribution < 1.29 is 23.5 Å². The molecule has 156 valence electrons. The smallest absolute Gasteiger partial charge is 0.328 e. The first kappa shape index (κ1) is 20.9. The van der Waals surface area contributed by atoms with Gasteiger partial charge in [-0.15, -0.1) is 0 Å². The van der Waals surface area contributed by atoms with Crippen molar-refractivity contribution >= 4 is 28.7 Å². The van der Waals surface area contributed by atoms with E-state index in [2.05, 4.69) is 15.6 Å². The molecule has 2 amide bonds. The summed E-state index contributed by atoms with van der Waals surface area (Å²) in [6.07, 6.45) is 5.47. The van der Waals surface area contributed by atoms with Gasteiger partial charge in [0.25, 0.3) is 11.8 Å². The Balaban J connectivity index is 1.77. The number of allylic oxidation sites excluding steroid dienone is 1. The van der Waals surface area contributed by atoms with Crippen molar-refractivity contribution in [1.29, 1.82) is 0 Å². The quantitative estimate of drug-likeness (QED) is 0.391. The number of para-hydroxylation sites is 1. The molecule has 0 aliphatic rings. The van der Waals surface area contributed by atoms with Gasteiger partial charge in [-0.2, -0.15) is 0 Å². The number of ether oxygens (including phenoxy) is 1. The molecule has 0 radical (unpaired) electrons. The van der Waals surface area contributed by atoms with E-state index >= 15 is 0 Å². The van der Waals surface area contributed by atoms with E-state index in [9.17, 15) is 14.4 Å². The van der Waals surface area contributed by atoms with E-state index in [-0.39, 0.29) is 17.9 Å². The SMILES string of the molecule is CC/C=C(\NC(=O)c1ccco1)C(=O)N[C@@H](Cc1c[nH]c2ccccc12)C(=O)OC. The number of amides is 2. The maximum absolute atomic E-state index is 12.8. The van der Waals surface area contributed by atoms with Crippen LogP contribution < -0.4 is 10.6 Å². The summed E-state index contributed by atoms with van der Waals surface area (Å²) in [5.41, 5.74) is 1.83. The highest BCUT2D eigenvalue weighted by molar-refractivity contribution is 6.02. The van der Waals surface area contributed by atoms with Crippen molar-refractivity contribution in [3.8, 4) is 0 Å². The molecule has 8 nitrogen and oxygen atoms in total. The van der Waals surface area contributed by atoms with Gasteiger partial charge in [0, 0.05) is 23.5 Å². The van der Waals surface area contributed by atoms with Crippen LogP contribution in [0.15, 0.2) is 65.0 Å². The Labute approximate surface area is 173 Å². The van der Waals surface area contributed by atoms with E-state index in [1.165, 1.54) is 19.4 Å². The highest BCUT2D eigenvalue weighted by atomic mass is 16.5. The van der Waals surface area contributed by atoms with Crippen molar-refractivity contribution in [2.45, 2.75) is 25.8 Å². The molecule has 2 aromatic heterocycles. The fourth-order valence-electron chi connectivity index (χ4n) is 3.09. The molecule has 0 bridgehead atoms. The highest BCUT2D eigenvalue weighted by Gasteiger charge is 2.25. The summed E-state index contributed by atoms with van der Waals surface area (Å²) < 4.78 is 9.92. The van der Waals surface area contributed by atoms with Crippen molar-refractivity contribution in [2.75, 3.05) is 7.11 Å². The van der Waals surface area contributed by atoms with Gasteiger partial charge in [0.1, 0.15) is 11.7 Å². The zero-order chi connectivity index (χ0) is 21.5. The Bertz CT molecular complexity index is 1070. The second-order valence-electron chi connectivity index (χ2n) is 6.57. The summed E-state index contributed by atoms with van der Waals surface area (Å²) in [6.45, 7) is 1.83. The van der Waals surface area contributed by atoms with Gasteiger partial charge in [-0.1, -0.05) is 31.2 Å². The van der Waals surface area contributed by atoms with Crippen LogP contribution in [-0.2, 0) is 20.7 Å². The maximum Gasteiger partial charge on any atom is 0.328 e. The summed E-state index contributed by atoms with van der Waals surface area (Å²) in [6, 6.07) is 9.81. The van der Waals surface area contributed by atoms with Crippen LogP contribution in [0, 0.1) is 0 Å². The number of carbonyl (C=O) groups excluding carboxylic acids is 3. The molecule has 0 aliphatic carbocycles. The molecular weight excluding hydrogens is 386 g/mol. The van der Waals surface area contributed by atoms with Crippen LogP contribution in [0.2, 0.25) is 0 Å². The lowest BCUT2D eigenvalue weighted by molar-refractivity contribution is -0.144. The fourth-order valence-corrected chi connectivity index (χ4v) is 3.09. The predicted octanol–water partition coefficient (Wildman–Crippen LogP) is 2.69. The number of aromatic amines is 1. The Morgan fingerprint density at radius 2 is 2.00 bits per heavy atom. The second-order valence-corrected chi connectivity index (χ2v) is 6.57. The number of carbonyl (C=O) groups is 3. The Kier molecular flexibility index (Phi) is 6.69. The molecule has 1 atom stereocenters. The average molecular weight is 409 g/mol. The van der Waals surface area contributed by atoms with Crippen molar-refractivity contribution in [2.24, 2.45) is 0 Å². The van der Waals surface area contributed by atoms with Crippen molar-refractivity contribution in [1.82, 2.24) is 15.6 Å². The first-order valence-corrected chi connectivity index (χ1v) is 9.52. The molecular formula is C22H23N3O5. The van der Waals surface area contributed by atoms with Crippen LogP contribution in [0.25, 0.3) is 10.9 Å². The minimum atomic E-state index is -0.928. The number of hydrogen-bond donors (Lipinski definition) is 3. The lowest BCUT2D eigenvalue weighted by atomic mass is 10.0. The van der Waals surface area contributed by atoms with Gasteiger partial charge < -0.3 is 24.8 Å². The molecule has 0 unspecified atom stereocenters. The number of methoxy groups -OCH3 is 1. The zero-order valence-electron chi connectivity index (χ0n) is 16.7. The largest absolute Gasteiger partial charge is 0.467 e. The summed E-state index contributed by atoms with van der Waals surface area (Å²) in [5, 5.41) is 6.15. The molecule has 30 heavy (non-hydrogen) atoms. The number of fused-ring (bicyclic) bond motifs is 1. The highest BCUT2D eigenvalue weighted by Crippen LogP contribution is 2.19. The number of H-pyrrole nitrogens is 1. The number of hydrogen-bond acceptors (Lipinski definition) is 5. The van der Waals surface area contributed by atoms with Gasteiger partial charge in [0.2, 0.25) is 0 Å². The van der Waals surface area contributed by atoms with Gasteiger partial charge >= 0.3 is 5.97 Å². The van der Waals surface area contributed by atoms with Gasteiger partial charge in [0.05, 0.1) is 13.4 Å². The van der Waals surface area contributed by atoms with E-state index in [4.69, 9.17) is 9.15 Å². The predicted molar refractivity (Wildman–Crippen MR) is 110 cm³/mol. The second kappa shape index (κ2) is 9.60. The minimum Gasteiger partial charge on any atom is -0.467 e. The summed E-state index contributed by atoms with van der Waals surface area (Å²) in [7, 11) is 1.26. The minimum absolute atomic E-state index is 0.0340. The van der Waals surface area contributed by atoms with Crippen molar-refractivity contribution in [3.63, 3.8) is 0 Å². The summed E-state index contributed by atoms with van der Waals surface area (Å²) >= 11 is 0.